The van der Waals surface area contributed by atoms with E-state index in [9.17, 15) is 19.3 Å². The molecule has 2 heterocycles. The average molecular weight is 608 g/mol. The molecule has 0 spiro atoms. The van der Waals surface area contributed by atoms with Gasteiger partial charge in [-0.25, -0.2) is 13.8 Å². The Balaban J connectivity index is 1.48. The van der Waals surface area contributed by atoms with Crippen molar-refractivity contribution >= 4 is 33.2 Å². The topological polar surface area (TPSA) is 148 Å². The standard InChI is InChI=1S/C34H35F2N9/c1-33(2,3)18-41-30-21(15-38)16-40-29-20(14-37)9-22(10-25(29)30)43-31(28(45-39)17-42-34-11-19(12-34)13-34)24-5-4-6-26-23(24)7-8-27(44-26)32(35)36/h4-10,16-17,19,31-32,42-43,45H,11-13,18,39H2,1-3H3,(H,40,41)/b28-17-/t19?,31-,34?/m0/s1. The second-order valence-corrected chi connectivity index (χ2v) is 13.3. The highest BCUT2D eigenvalue weighted by Gasteiger charge is 2.56. The highest BCUT2D eigenvalue weighted by molar-refractivity contribution is 5.99. The van der Waals surface area contributed by atoms with Crippen LogP contribution in [0.2, 0.25) is 0 Å². The Kier molecular flexibility index (Phi) is 7.67. The molecule has 0 aliphatic heterocycles. The van der Waals surface area contributed by atoms with Crippen LogP contribution >= 0.6 is 0 Å². The fraction of sp³-hybridized carbons (Fsp3) is 0.353. The van der Waals surface area contributed by atoms with Crippen LogP contribution in [0.3, 0.4) is 0 Å². The molecule has 0 radical (unpaired) electrons. The number of rotatable bonds is 10. The van der Waals surface area contributed by atoms with Crippen LogP contribution in [0.1, 0.15) is 74.9 Å². The van der Waals surface area contributed by atoms with Crippen LogP contribution in [0, 0.1) is 34.0 Å². The predicted octanol–water partition coefficient (Wildman–Crippen LogP) is 6.52. The van der Waals surface area contributed by atoms with Crippen LogP contribution in [0.25, 0.3) is 21.8 Å². The SMILES string of the molecule is CC(C)(C)CNc1c(C#N)cnc2c(C#N)cc(N[C@H](/C(=C/NC34CC(C3)C4)NN)c3cccc4nc(C(F)F)ccc34)cc12. The lowest BCUT2D eigenvalue weighted by Gasteiger charge is -2.62. The van der Waals surface area contributed by atoms with E-state index in [1.165, 1.54) is 12.3 Å². The molecule has 2 bridgehead atoms. The van der Waals surface area contributed by atoms with Crippen molar-refractivity contribution in [2.24, 2.45) is 17.2 Å². The first kappa shape index (κ1) is 30.0. The van der Waals surface area contributed by atoms with Crippen LogP contribution in [-0.2, 0) is 0 Å². The molecular formula is C34H35F2N9. The summed E-state index contributed by atoms with van der Waals surface area (Å²) in [4.78, 5) is 8.67. The first-order chi connectivity index (χ1) is 21.5. The molecule has 9 nitrogen and oxygen atoms in total. The number of nitrogens with zero attached hydrogens (tertiary/aromatic N) is 4. The number of halogens is 2. The van der Waals surface area contributed by atoms with E-state index in [2.05, 4.69) is 64.3 Å². The number of aromatic nitrogens is 2. The molecule has 2 aromatic carbocycles. The maximum atomic E-state index is 13.5. The smallest absolute Gasteiger partial charge is 0.280 e. The molecule has 6 N–H and O–H groups in total. The summed E-state index contributed by atoms with van der Waals surface area (Å²) in [6, 6.07) is 15.8. The molecule has 3 aliphatic carbocycles. The van der Waals surface area contributed by atoms with Crippen molar-refractivity contribution in [3.63, 3.8) is 0 Å². The zero-order chi connectivity index (χ0) is 31.9. The number of hydrogen-bond donors (Lipinski definition) is 5. The number of hydrazine groups is 1. The molecule has 11 heteroatoms. The Labute approximate surface area is 260 Å². The van der Waals surface area contributed by atoms with Gasteiger partial charge in [0.2, 0.25) is 0 Å². The quantitative estimate of drug-likeness (QED) is 0.100. The van der Waals surface area contributed by atoms with E-state index in [1.807, 2.05) is 18.3 Å². The van der Waals surface area contributed by atoms with Crippen molar-refractivity contribution in [3.8, 4) is 12.1 Å². The lowest BCUT2D eigenvalue weighted by atomic mass is 9.50. The fourth-order valence-electron chi connectivity index (χ4n) is 6.25. The number of hydrogen-bond acceptors (Lipinski definition) is 9. The molecule has 3 fully saturated rings. The minimum Gasteiger partial charge on any atom is -0.384 e. The van der Waals surface area contributed by atoms with Gasteiger partial charge in [-0.05, 0) is 60.4 Å². The lowest BCUT2D eigenvalue weighted by molar-refractivity contribution is -0.0402. The molecule has 0 saturated heterocycles. The van der Waals surface area contributed by atoms with Gasteiger partial charge in [-0.15, -0.1) is 0 Å². The minimum atomic E-state index is -2.69. The zero-order valence-electron chi connectivity index (χ0n) is 25.4. The number of benzene rings is 2. The van der Waals surface area contributed by atoms with Crippen molar-refractivity contribution in [1.29, 1.82) is 10.5 Å². The van der Waals surface area contributed by atoms with Gasteiger partial charge in [-0.1, -0.05) is 39.0 Å². The predicted molar refractivity (Wildman–Crippen MR) is 171 cm³/mol. The van der Waals surface area contributed by atoms with E-state index in [0.717, 1.165) is 30.7 Å². The number of nitrogens with one attached hydrogen (secondary N) is 4. The van der Waals surface area contributed by atoms with Crippen LogP contribution in [0.4, 0.5) is 20.2 Å². The average Bonchev–Trinajstić information content (AvgIpc) is 2.98. The van der Waals surface area contributed by atoms with Crippen molar-refractivity contribution in [2.75, 3.05) is 17.2 Å². The number of anilines is 2. The molecular weight excluding hydrogens is 572 g/mol. The molecule has 3 aliphatic rings. The van der Waals surface area contributed by atoms with E-state index in [1.54, 1.807) is 24.3 Å². The monoisotopic (exact) mass is 607 g/mol. The van der Waals surface area contributed by atoms with Gasteiger partial charge in [0, 0.05) is 40.9 Å². The summed E-state index contributed by atoms with van der Waals surface area (Å²) in [5, 5.41) is 31.9. The normalized spacial score (nSPS) is 19.7. The van der Waals surface area contributed by atoms with Gasteiger partial charge >= 0.3 is 0 Å². The summed E-state index contributed by atoms with van der Waals surface area (Å²) in [5.41, 5.74) is 6.69. The molecule has 230 valence electrons. The minimum absolute atomic E-state index is 0.0756. The summed E-state index contributed by atoms with van der Waals surface area (Å²) in [6.07, 6.45) is 4.01. The Morgan fingerprint density at radius 1 is 1.09 bits per heavy atom. The molecule has 45 heavy (non-hydrogen) atoms. The molecule has 0 amide bonds. The first-order valence-electron chi connectivity index (χ1n) is 14.9. The van der Waals surface area contributed by atoms with Crippen molar-refractivity contribution in [3.05, 3.63) is 82.9 Å². The number of alkyl halides is 2. The largest absolute Gasteiger partial charge is 0.384 e. The Morgan fingerprint density at radius 2 is 1.84 bits per heavy atom. The van der Waals surface area contributed by atoms with Gasteiger partial charge in [0.15, 0.2) is 0 Å². The molecule has 1 atom stereocenters. The fourth-order valence-corrected chi connectivity index (χ4v) is 6.25. The highest BCUT2D eigenvalue weighted by Crippen LogP contribution is 2.57. The second-order valence-electron chi connectivity index (χ2n) is 13.3. The van der Waals surface area contributed by atoms with Crippen LogP contribution in [-0.4, -0.2) is 22.1 Å². The van der Waals surface area contributed by atoms with Gasteiger partial charge in [0.25, 0.3) is 6.43 Å². The van der Waals surface area contributed by atoms with Gasteiger partial charge in [-0.2, -0.15) is 10.5 Å². The second kappa shape index (κ2) is 11.5. The van der Waals surface area contributed by atoms with Crippen LogP contribution in [0.15, 0.2) is 60.6 Å². The Bertz CT molecular complexity index is 1880. The van der Waals surface area contributed by atoms with Gasteiger partial charge < -0.3 is 21.4 Å². The van der Waals surface area contributed by atoms with E-state index in [4.69, 9.17) is 5.84 Å². The molecule has 4 aromatic rings. The van der Waals surface area contributed by atoms with E-state index >= 15 is 0 Å². The highest BCUT2D eigenvalue weighted by atomic mass is 19.3. The van der Waals surface area contributed by atoms with Gasteiger partial charge in [0.1, 0.15) is 17.8 Å². The summed E-state index contributed by atoms with van der Waals surface area (Å²) in [7, 11) is 0. The third-order valence-electron chi connectivity index (χ3n) is 8.69. The van der Waals surface area contributed by atoms with E-state index < -0.39 is 12.5 Å². The number of fused-ring (bicyclic) bond motifs is 2. The van der Waals surface area contributed by atoms with Crippen molar-refractivity contribution in [1.82, 2.24) is 20.7 Å². The summed E-state index contributed by atoms with van der Waals surface area (Å²) < 4.78 is 27.0. The maximum absolute atomic E-state index is 13.5. The van der Waals surface area contributed by atoms with Crippen LogP contribution in [0.5, 0.6) is 0 Å². The summed E-state index contributed by atoms with van der Waals surface area (Å²) in [5.74, 6) is 6.92. The number of nitriles is 2. The summed E-state index contributed by atoms with van der Waals surface area (Å²) >= 11 is 0. The summed E-state index contributed by atoms with van der Waals surface area (Å²) in [6.45, 7) is 6.85. The number of pyridine rings is 2. The molecule has 2 aromatic heterocycles. The molecule has 3 saturated carbocycles. The third-order valence-corrected chi connectivity index (χ3v) is 8.69. The zero-order valence-corrected chi connectivity index (χ0v) is 25.4. The van der Waals surface area contributed by atoms with Crippen molar-refractivity contribution < 1.29 is 8.78 Å². The van der Waals surface area contributed by atoms with E-state index in [-0.39, 0.29) is 16.6 Å². The molecule has 7 rings (SSSR count). The van der Waals surface area contributed by atoms with E-state index in [0.29, 0.717) is 56.5 Å². The van der Waals surface area contributed by atoms with Gasteiger partial charge in [0.05, 0.1) is 39.6 Å². The Hall–Kier alpha value is -5.00. The van der Waals surface area contributed by atoms with Crippen molar-refractivity contribution in [2.45, 2.75) is 58.0 Å². The lowest BCUT2D eigenvalue weighted by Crippen LogP contribution is -2.65. The Morgan fingerprint density at radius 3 is 2.47 bits per heavy atom. The first-order valence-corrected chi connectivity index (χ1v) is 14.9. The molecule has 0 unspecified atom stereocenters. The maximum Gasteiger partial charge on any atom is 0.280 e. The number of nitrogens with two attached hydrogens (primary N) is 1. The van der Waals surface area contributed by atoms with Gasteiger partial charge in [-0.3, -0.25) is 10.8 Å². The third kappa shape index (κ3) is 5.79. The van der Waals surface area contributed by atoms with Crippen LogP contribution < -0.4 is 27.2 Å².